The molecule has 0 aliphatic heterocycles. The molecule has 0 atom stereocenters. The van der Waals surface area contributed by atoms with Gasteiger partial charge in [-0.2, -0.15) is 0 Å². The van der Waals surface area contributed by atoms with Gasteiger partial charge in [0.1, 0.15) is 17.2 Å². The van der Waals surface area contributed by atoms with Crippen molar-refractivity contribution in [2.75, 3.05) is 5.75 Å². The van der Waals surface area contributed by atoms with Crippen molar-refractivity contribution in [2.24, 2.45) is 0 Å². The molecule has 1 aromatic heterocycles. The molecule has 4 heteroatoms. The van der Waals surface area contributed by atoms with Crippen LogP contribution in [0.25, 0.3) is 10.9 Å². The van der Waals surface area contributed by atoms with Crippen molar-refractivity contribution in [3.05, 3.63) is 43.0 Å². The van der Waals surface area contributed by atoms with E-state index in [-0.39, 0.29) is 5.82 Å². The average molecular weight is 220 g/mol. The highest BCUT2D eigenvalue weighted by Crippen LogP contribution is 2.24. The van der Waals surface area contributed by atoms with Gasteiger partial charge in [0.15, 0.2) is 0 Å². The van der Waals surface area contributed by atoms with Crippen molar-refractivity contribution in [1.82, 2.24) is 9.97 Å². The van der Waals surface area contributed by atoms with Gasteiger partial charge >= 0.3 is 0 Å². The van der Waals surface area contributed by atoms with Crippen LogP contribution in [0.4, 0.5) is 4.39 Å². The number of benzene rings is 1. The summed E-state index contributed by atoms with van der Waals surface area (Å²) in [7, 11) is 0. The minimum Gasteiger partial charge on any atom is -0.236 e. The quantitative estimate of drug-likeness (QED) is 0.451. The Morgan fingerprint density at radius 1 is 1.40 bits per heavy atom. The van der Waals surface area contributed by atoms with E-state index in [0.29, 0.717) is 0 Å². The SMILES string of the molecule is C=CCSc1ncnc2ccc(F)cc12. The van der Waals surface area contributed by atoms with Crippen LogP contribution in [-0.2, 0) is 0 Å². The lowest BCUT2D eigenvalue weighted by Gasteiger charge is -2.02. The van der Waals surface area contributed by atoms with Gasteiger partial charge in [0.2, 0.25) is 0 Å². The Hall–Kier alpha value is -1.42. The number of aromatic nitrogens is 2. The van der Waals surface area contributed by atoms with Gasteiger partial charge in [-0.3, -0.25) is 0 Å². The summed E-state index contributed by atoms with van der Waals surface area (Å²) in [4.78, 5) is 8.20. The van der Waals surface area contributed by atoms with Gasteiger partial charge in [0.05, 0.1) is 5.52 Å². The molecule has 0 fully saturated rings. The maximum Gasteiger partial charge on any atom is 0.124 e. The summed E-state index contributed by atoms with van der Waals surface area (Å²) >= 11 is 1.52. The summed E-state index contributed by atoms with van der Waals surface area (Å²) in [5.74, 6) is 0.487. The Kier molecular flexibility index (Phi) is 2.97. The molecule has 2 aromatic rings. The Morgan fingerprint density at radius 2 is 2.27 bits per heavy atom. The predicted octanol–water partition coefficient (Wildman–Crippen LogP) is 3.05. The molecule has 2 rings (SSSR count). The van der Waals surface area contributed by atoms with Crippen LogP contribution in [0.15, 0.2) is 42.2 Å². The monoisotopic (exact) mass is 220 g/mol. The average Bonchev–Trinajstić information content (AvgIpc) is 2.26. The highest BCUT2D eigenvalue weighted by Gasteiger charge is 2.04. The van der Waals surface area contributed by atoms with E-state index in [4.69, 9.17) is 0 Å². The number of hydrogen-bond acceptors (Lipinski definition) is 3. The Labute approximate surface area is 91.2 Å². The summed E-state index contributed by atoms with van der Waals surface area (Å²) in [6.07, 6.45) is 3.28. The van der Waals surface area contributed by atoms with Crippen molar-refractivity contribution in [2.45, 2.75) is 5.03 Å². The van der Waals surface area contributed by atoms with E-state index in [2.05, 4.69) is 16.5 Å². The molecular formula is C11H9FN2S. The van der Waals surface area contributed by atoms with Gasteiger partial charge in [-0.15, -0.1) is 18.3 Å². The zero-order chi connectivity index (χ0) is 10.7. The molecule has 76 valence electrons. The molecule has 0 bridgehead atoms. The summed E-state index contributed by atoms with van der Waals surface area (Å²) in [6.45, 7) is 3.64. The lowest BCUT2D eigenvalue weighted by atomic mass is 10.2. The molecule has 1 heterocycles. The fraction of sp³-hybridized carbons (Fsp3) is 0.0909. The maximum absolute atomic E-state index is 13.1. The van der Waals surface area contributed by atoms with Crippen molar-refractivity contribution in [3.63, 3.8) is 0 Å². The molecule has 2 nitrogen and oxygen atoms in total. The van der Waals surface area contributed by atoms with E-state index in [9.17, 15) is 4.39 Å². The van der Waals surface area contributed by atoms with Crippen LogP contribution < -0.4 is 0 Å². The lowest BCUT2D eigenvalue weighted by molar-refractivity contribution is 0.629. The first-order valence-corrected chi connectivity index (χ1v) is 5.44. The molecule has 0 aliphatic carbocycles. The normalized spacial score (nSPS) is 10.5. The number of thioether (sulfide) groups is 1. The van der Waals surface area contributed by atoms with Gasteiger partial charge in [-0.25, -0.2) is 14.4 Å². The van der Waals surface area contributed by atoms with Gasteiger partial charge in [0, 0.05) is 11.1 Å². The van der Waals surface area contributed by atoms with E-state index >= 15 is 0 Å². The predicted molar refractivity (Wildman–Crippen MR) is 60.4 cm³/mol. The number of hydrogen-bond donors (Lipinski definition) is 0. The number of nitrogens with zero attached hydrogens (tertiary/aromatic N) is 2. The number of fused-ring (bicyclic) bond motifs is 1. The van der Waals surface area contributed by atoms with Crippen LogP contribution >= 0.6 is 11.8 Å². The topological polar surface area (TPSA) is 25.8 Å². The molecular weight excluding hydrogens is 211 g/mol. The first-order valence-electron chi connectivity index (χ1n) is 4.45. The van der Waals surface area contributed by atoms with Crippen molar-refractivity contribution in [3.8, 4) is 0 Å². The standard InChI is InChI=1S/C11H9FN2S/c1-2-5-15-11-9-6-8(12)3-4-10(9)13-7-14-11/h2-4,6-7H,1,5H2. The zero-order valence-electron chi connectivity index (χ0n) is 7.98. The lowest BCUT2D eigenvalue weighted by Crippen LogP contribution is -1.88. The van der Waals surface area contributed by atoms with E-state index < -0.39 is 0 Å². The summed E-state index contributed by atoms with van der Waals surface area (Å²) in [5.41, 5.74) is 0.762. The molecule has 0 unspecified atom stereocenters. The summed E-state index contributed by atoms with van der Waals surface area (Å²) in [6, 6.07) is 4.52. The van der Waals surface area contributed by atoms with Crippen molar-refractivity contribution in [1.29, 1.82) is 0 Å². The van der Waals surface area contributed by atoms with Gasteiger partial charge < -0.3 is 0 Å². The van der Waals surface area contributed by atoms with E-state index in [1.165, 1.54) is 30.2 Å². The Morgan fingerprint density at radius 3 is 3.07 bits per heavy atom. The van der Waals surface area contributed by atoms with Crippen molar-refractivity contribution >= 4 is 22.7 Å². The maximum atomic E-state index is 13.1. The Bertz CT molecular complexity index is 499. The number of rotatable bonds is 3. The zero-order valence-corrected chi connectivity index (χ0v) is 8.80. The smallest absolute Gasteiger partial charge is 0.124 e. The first-order chi connectivity index (χ1) is 7.31. The van der Waals surface area contributed by atoms with Crippen LogP contribution in [0, 0.1) is 5.82 Å². The molecule has 0 N–H and O–H groups in total. The molecule has 0 amide bonds. The summed E-state index contributed by atoms with van der Waals surface area (Å²) in [5, 5.41) is 1.55. The fourth-order valence-electron chi connectivity index (χ4n) is 1.26. The van der Waals surface area contributed by atoms with Crippen molar-refractivity contribution < 1.29 is 4.39 Å². The molecule has 15 heavy (non-hydrogen) atoms. The van der Waals surface area contributed by atoms with Gasteiger partial charge in [-0.1, -0.05) is 6.08 Å². The minimum absolute atomic E-state index is 0.266. The van der Waals surface area contributed by atoms with E-state index in [0.717, 1.165) is 21.7 Å². The van der Waals surface area contributed by atoms with Crippen LogP contribution in [0.2, 0.25) is 0 Å². The van der Waals surface area contributed by atoms with Crippen LogP contribution in [0.3, 0.4) is 0 Å². The first kappa shape index (κ1) is 10.1. The second-order valence-corrected chi connectivity index (χ2v) is 3.95. The van der Waals surface area contributed by atoms with E-state index in [1.54, 1.807) is 12.1 Å². The van der Waals surface area contributed by atoms with Gasteiger partial charge in [-0.05, 0) is 18.2 Å². The minimum atomic E-state index is -0.266. The fourth-order valence-corrected chi connectivity index (χ4v) is 1.97. The van der Waals surface area contributed by atoms with Gasteiger partial charge in [0.25, 0.3) is 0 Å². The third kappa shape index (κ3) is 2.15. The highest BCUT2D eigenvalue weighted by atomic mass is 32.2. The molecule has 0 saturated heterocycles. The molecule has 0 spiro atoms. The largest absolute Gasteiger partial charge is 0.236 e. The highest BCUT2D eigenvalue weighted by molar-refractivity contribution is 7.99. The van der Waals surface area contributed by atoms with Crippen LogP contribution in [0.1, 0.15) is 0 Å². The molecule has 0 saturated carbocycles. The second kappa shape index (κ2) is 4.40. The molecule has 0 aliphatic rings. The van der Waals surface area contributed by atoms with Crippen LogP contribution in [-0.4, -0.2) is 15.7 Å². The second-order valence-electron chi connectivity index (χ2n) is 2.94. The van der Waals surface area contributed by atoms with Crippen LogP contribution in [0.5, 0.6) is 0 Å². The van der Waals surface area contributed by atoms with E-state index in [1.807, 2.05) is 0 Å². The third-order valence-electron chi connectivity index (χ3n) is 1.90. The number of halogens is 1. The third-order valence-corrected chi connectivity index (χ3v) is 2.90. The summed E-state index contributed by atoms with van der Waals surface area (Å²) < 4.78 is 13.1. The Balaban J connectivity index is 2.52. The molecule has 1 aromatic carbocycles. The molecule has 0 radical (unpaired) electrons.